The van der Waals surface area contributed by atoms with Crippen molar-refractivity contribution in [1.82, 2.24) is 4.90 Å². The van der Waals surface area contributed by atoms with Crippen LogP contribution in [-0.2, 0) is 9.05 Å². The fraction of sp³-hybridized carbons (Fsp3) is 0.500. The van der Waals surface area contributed by atoms with Gasteiger partial charge in [0, 0.05) is 34.9 Å². The van der Waals surface area contributed by atoms with Crippen molar-refractivity contribution in [3.8, 4) is 0 Å². The van der Waals surface area contributed by atoms with Crippen LogP contribution >= 0.6 is 10.7 Å². The van der Waals surface area contributed by atoms with Gasteiger partial charge in [0.2, 0.25) is 0 Å². The molecule has 1 heterocycles. The maximum absolute atomic E-state index is 13.9. The van der Waals surface area contributed by atoms with Gasteiger partial charge in [0.05, 0.1) is 4.90 Å². The summed E-state index contributed by atoms with van der Waals surface area (Å²) in [6, 6.07) is 2.22. The van der Waals surface area contributed by atoms with Crippen LogP contribution in [0.25, 0.3) is 0 Å². The number of nitrogens with zero attached hydrogens (tertiary/aromatic N) is 1. The van der Waals surface area contributed by atoms with Crippen LogP contribution in [0.5, 0.6) is 0 Å². The molecule has 21 heavy (non-hydrogen) atoms. The predicted molar refractivity (Wildman–Crippen MR) is 78.5 cm³/mol. The number of likely N-dealkylation sites (tertiary alicyclic amines) is 1. The molecule has 0 aromatic heterocycles. The second kappa shape index (κ2) is 5.93. The molecule has 4 nitrogen and oxygen atoms in total. The maximum atomic E-state index is 13.9. The van der Waals surface area contributed by atoms with Crippen molar-refractivity contribution in [2.24, 2.45) is 5.92 Å². The third-order valence-corrected chi connectivity index (χ3v) is 5.33. The van der Waals surface area contributed by atoms with Crippen LogP contribution in [0.1, 0.15) is 35.7 Å². The Bertz CT molecular complexity index is 667. The molecule has 0 radical (unpaired) electrons. The highest BCUT2D eigenvalue weighted by Crippen LogP contribution is 2.25. The molecule has 1 fully saturated rings. The summed E-state index contributed by atoms with van der Waals surface area (Å²) in [7, 11) is 1.21. The Balaban J connectivity index is 2.36. The largest absolute Gasteiger partial charge is 0.339 e. The Hall–Kier alpha value is -1.14. The number of amides is 1. The molecule has 2 rings (SSSR count). The number of carbonyl (C=O) groups is 1. The molecule has 116 valence electrons. The normalized spacial score (nSPS) is 17.0. The Morgan fingerprint density at radius 2 is 1.90 bits per heavy atom. The standard InChI is InChI=1S/C14H17ClFNO3S/c1-9-3-5-17(6-4-9)14(18)11-7-12(16)10(2)13(8-11)21(15,19)20/h7-9H,3-6H2,1-2H3. The molecule has 0 spiro atoms. The van der Waals surface area contributed by atoms with E-state index in [0.29, 0.717) is 19.0 Å². The van der Waals surface area contributed by atoms with Crippen molar-refractivity contribution < 1.29 is 17.6 Å². The van der Waals surface area contributed by atoms with Crippen LogP contribution in [0.15, 0.2) is 17.0 Å². The minimum Gasteiger partial charge on any atom is -0.339 e. The number of rotatable bonds is 2. The number of piperidine rings is 1. The molecule has 0 unspecified atom stereocenters. The van der Waals surface area contributed by atoms with Gasteiger partial charge in [0.25, 0.3) is 15.0 Å². The zero-order chi connectivity index (χ0) is 15.8. The van der Waals surface area contributed by atoms with Crippen LogP contribution in [0.4, 0.5) is 4.39 Å². The first-order valence-electron chi connectivity index (χ1n) is 6.74. The molecular formula is C14H17ClFNO3S. The molecule has 1 aromatic rings. The Morgan fingerprint density at radius 3 is 2.43 bits per heavy atom. The fourth-order valence-corrected chi connectivity index (χ4v) is 3.64. The Kier molecular flexibility index (Phi) is 4.58. The lowest BCUT2D eigenvalue weighted by Gasteiger charge is -2.30. The van der Waals surface area contributed by atoms with E-state index in [-0.39, 0.29) is 21.9 Å². The highest BCUT2D eigenvalue weighted by atomic mass is 35.7. The maximum Gasteiger partial charge on any atom is 0.261 e. The Labute approximate surface area is 128 Å². The van der Waals surface area contributed by atoms with Gasteiger partial charge in [0.1, 0.15) is 5.82 Å². The third-order valence-electron chi connectivity index (χ3n) is 3.88. The lowest BCUT2D eigenvalue weighted by Crippen LogP contribution is -2.38. The first-order valence-corrected chi connectivity index (χ1v) is 9.05. The minimum atomic E-state index is -4.09. The van der Waals surface area contributed by atoms with E-state index in [9.17, 15) is 17.6 Å². The van der Waals surface area contributed by atoms with Crippen molar-refractivity contribution in [3.05, 3.63) is 29.1 Å². The summed E-state index contributed by atoms with van der Waals surface area (Å²) in [5.74, 6) is -0.546. The van der Waals surface area contributed by atoms with Gasteiger partial charge in [-0.25, -0.2) is 12.8 Å². The molecule has 0 bridgehead atoms. The molecule has 0 saturated carbocycles. The summed E-state index contributed by atoms with van der Waals surface area (Å²) < 4.78 is 36.8. The van der Waals surface area contributed by atoms with E-state index in [1.165, 1.54) is 6.92 Å². The third kappa shape index (κ3) is 3.55. The van der Waals surface area contributed by atoms with Crippen LogP contribution in [0, 0.1) is 18.7 Å². The SMILES string of the molecule is Cc1c(F)cc(C(=O)N2CCC(C)CC2)cc1S(=O)(=O)Cl. The van der Waals surface area contributed by atoms with Gasteiger partial charge >= 0.3 is 0 Å². The summed E-state index contributed by atoms with van der Waals surface area (Å²) in [6.07, 6.45) is 1.78. The van der Waals surface area contributed by atoms with Crippen LogP contribution in [-0.4, -0.2) is 32.3 Å². The van der Waals surface area contributed by atoms with E-state index in [2.05, 4.69) is 6.92 Å². The summed E-state index contributed by atoms with van der Waals surface area (Å²) in [5.41, 5.74) is -0.0549. The van der Waals surface area contributed by atoms with Crippen LogP contribution < -0.4 is 0 Å². The van der Waals surface area contributed by atoms with Crippen molar-refractivity contribution >= 4 is 25.6 Å². The van der Waals surface area contributed by atoms with Crippen molar-refractivity contribution in [2.45, 2.75) is 31.6 Å². The van der Waals surface area contributed by atoms with E-state index < -0.39 is 14.9 Å². The van der Waals surface area contributed by atoms with Gasteiger partial charge in [-0.1, -0.05) is 6.92 Å². The van der Waals surface area contributed by atoms with Gasteiger partial charge in [-0.3, -0.25) is 4.79 Å². The van der Waals surface area contributed by atoms with Gasteiger partial charge in [-0.2, -0.15) is 0 Å². The molecule has 1 saturated heterocycles. The van der Waals surface area contributed by atoms with E-state index in [0.717, 1.165) is 25.0 Å². The van der Waals surface area contributed by atoms with Crippen molar-refractivity contribution in [1.29, 1.82) is 0 Å². The van der Waals surface area contributed by atoms with E-state index in [1.807, 2.05) is 0 Å². The van der Waals surface area contributed by atoms with Crippen LogP contribution in [0.3, 0.4) is 0 Å². The average Bonchev–Trinajstić information content (AvgIpc) is 2.40. The lowest BCUT2D eigenvalue weighted by atomic mass is 9.98. The monoisotopic (exact) mass is 333 g/mol. The van der Waals surface area contributed by atoms with Crippen LogP contribution in [0.2, 0.25) is 0 Å². The first-order chi connectivity index (χ1) is 9.70. The number of hydrogen-bond donors (Lipinski definition) is 0. The summed E-state index contributed by atoms with van der Waals surface area (Å²) in [6.45, 7) is 4.63. The number of carbonyl (C=O) groups excluding carboxylic acids is 1. The summed E-state index contributed by atoms with van der Waals surface area (Å²) >= 11 is 0. The fourth-order valence-electron chi connectivity index (χ4n) is 2.42. The molecule has 1 amide bonds. The zero-order valence-electron chi connectivity index (χ0n) is 11.9. The number of halogens is 2. The number of hydrogen-bond acceptors (Lipinski definition) is 3. The lowest BCUT2D eigenvalue weighted by molar-refractivity contribution is 0.0696. The van der Waals surface area contributed by atoms with E-state index in [1.54, 1.807) is 4.90 Å². The van der Waals surface area contributed by atoms with Gasteiger partial charge in [-0.05, 0) is 37.8 Å². The molecule has 0 atom stereocenters. The molecular weight excluding hydrogens is 317 g/mol. The quantitative estimate of drug-likeness (QED) is 0.782. The smallest absolute Gasteiger partial charge is 0.261 e. The van der Waals surface area contributed by atoms with E-state index in [4.69, 9.17) is 10.7 Å². The van der Waals surface area contributed by atoms with Crippen molar-refractivity contribution in [2.75, 3.05) is 13.1 Å². The minimum absolute atomic E-state index is 0.0203. The van der Waals surface area contributed by atoms with Crippen molar-refractivity contribution in [3.63, 3.8) is 0 Å². The molecule has 7 heteroatoms. The highest BCUT2D eigenvalue weighted by Gasteiger charge is 2.25. The molecule has 1 aliphatic rings. The highest BCUT2D eigenvalue weighted by molar-refractivity contribution is 8.13. The average molecular weight is 334 g/mol. The summed E-state index contributed by atoms with van der Waals surface area (Å²) in [4.78, 5) is 13.6. The molecule has 1 aliphatic heterocycles. The summed E-state index contributed by atoms with van der Waals surface area (Å²) in [5, 5.41) is 0. The Morgan fingerprint density at radius 1 is 1.33 bits per heavy atom. The molecule has 1 aromatic carbocycles. The van der Waals surface area contributed by atoms with E-state index >= 15 is 0 Å². The molecule has 0 N–H and O–H groups in total. The zero-order valence-corrected chi connectivity index (χ0v) is 13.5. The topological polar surface area (TPSA) is 54.5 Å². The first kappa shape index (κ1) is 16.2. The predicted octanol–water partition coefficient (Wildman–Crippen LogP) is 2.93. The second-order valence-electron chi connectivity index (χ2n) is 5.49. The van der Waals surface area contributed by atoms with Gasteiger partial charge < -0.3 is 4.90 Å². The number of benzene rings is 1. The second-order valence-corrected chi connectivity index (χ2v) is 8.03. The van der Waals surface area contributed by atoms with Gasteiger partial charge in [0.15, 0.2) is 0 Å². The molecule has 0 aliphatic carbocycles. The van der Waals surface area contributed by atoms with Gasteiger partial charge in [-0.15, -0.1) is 0 Å².